The van der Waals surface area contributed by atoms with Crippen LogP contribution >= 0.6 is 0 Å². The molecule has 5 rings (SSSR count). The number of carbonyl (C=O) groups is 2. The maximum atomic E-state index is 13.6. The number of ether oxygens (including phenoxy) is 2. The minimum atomic E-state index is -1.60. The lowest BCUT2D eigenvalue weighted by Crippen LogP contribution is -2.21. The molecule has 0 bridgehead atoms. The Morgan fingerprint density at radius 2 is 1.68 bits per heavy atom. The van der Waals surface area contributed by atoms with Crippen LogP contribution in [0.5, 0.6) is 11.5 Å². The molecule has 0 unspecified atom stereocenters. The number of esters is 1. The molecule has 0 spiro atoms. The zero-order valence-electron chi connectivity index (χ0n) is 15.7. The minimum absolute atomic E-state index is 0.0401. The van der Waals surface area contributed by atoms with Crippen molar-refractivity contribution in [2.75, 3.05) is 0 Å². The second-order valence-electron chi connectivity index (χ2n) is 7.10. The summed E-state index contributed by atoms with van der Waals surface area (Å²) in [5.41, 5.74) is 1.47. The van der Waals surface area contributed by atoms with Crippen LogP contribution in [-0.4, -0.2) is 16.7 Å². The zero-order valence-corrected chi connectivity index (χ0v) is 15.7. The van der Waals surface area contributed by atoms with E-state index in [4.69, 9.17) is 9.47 Å². The Morgan fingerprint density at radius 1 is 0.968 bits per heavy atom. The molecule has 8 heteroatoms. The average Bonchev–Trinajstić information content (AvgIpc) is 3.07. The number of fused-ring (bicyclic) bond motifs is 3. The molecule has 0 amide bonds. The quantitative estimate of drug-likeness (QED) is 0.262. The maximum absolute atomic E-state index is 13.6. The Balaban J connectivity index is 1.61. The fourth-order valence-electron chi connectivity index (χ4n) is 3.80. The van der Waals surface area contributed by atoms with Crippen molar-refractivity contribution >= 4 is 17.8 Å². The van der Waals surface area contributed by atoms with Gasteiger partial charge in [-0.2, -0.15) is 0 Å². The number of carbonyl (C=O) groups excluding carboxylic acids is 2. The summed E-state index contributed by atoms with van der Waals surface area (Å²) in [6.07, 6.45) is 4.36. The summed E-state index contributed by atoms with van der Waals surface area (Å²) in [4.78, 5) is 29.0. The molecule has 31 heavy (non-hydrogen) atoms. The van der Waals surface area contributed by atoms with Gasteiger partial charge in [0.1, 0.15) is 11.5 Å². The van der Waals surface area contributed by atoms with E-state index in [1.54, 1.807) is 24.5 Å². The van der Waals surface area contributed by atoms with Gasteiger partial charge in [0.2, 0.25) is 5.78 Å². The first kappa shape index (κ1) is 19.0. The van der Waals surface area contributed by atoms with E-state index in [-0.39, 0.29) is 34.8 Å². The fraction of sp³-hybridized carbons (Fsp3) is 0.0870. The SMILES string of the molecule is O=C1C[C@H](c2ccncc2)c2c(ccc3c2O/C(=C\c2cc(F)c(F)c(F)c2)C3=O)O1. The number of pyridine rings is 1. The first-order valence-electron chi connectivity index (χ1n) is 9.28. The first-order valence-corrected chi connectivity index (χ1v) is 9.28. The first-order chi connectivity index (χ1) is 14.9. The summed E-state index contributed by atoms with van der Waals surface area (Å²) in [7, 11) is 0. The standard InChI is InChI=1S/C23H12F3NO4/c24-15-7-11(8-16(25)21(15)26)9-18-22(29)13-1-2-17-20(23(13)31-18)14(10-19(28)30-17)12-3-5-27-6-4-12/h1-9,14H,10H2/b18-9-/t14-/m1/s1. The number of halogens is 3. The largest absolute Gasteiger partial charge is 0.452 e. The van der Waals surface area contributed by atoms with Crippen molar-refractivity contribution in [2.45, 2.75) is 12.3 Å². The van der Waals surface area contributed by atoms with Gasteiger partial charge in [0.05, 0.1) is 12.0 Å². The molecular weight excluding hydrogens is 411 g/mol. The van der Waals surface area contributed by atoms with Crippen molar-refractivity contribution < 1.29 is 32.2 Å². The summed E-state index contributed by atoms with van der Waals surface area (Å²) in [5.74, 6) is -5.41. The second kappa shape index (κ2) is 7.09. The molecule has 3 heterocycles. The number of benzene rings is 2. The molecule has 0 saturated carbocycles. The third-order valence-electron chi connectivity index (χ3n) is 5.19. The van der Waals surface area contributed by atoms with Crippen LogP contribution in [0, 0.1) is 17.5 Å². The predicted octanol–water partition coefficient (Wildman–Crippen LogP) is 4.56. The molecule has 5 nitrogen and oxygen atoms in total. The van der Waals surface area contributed by atoms with E-state index in [1.807, 2.05) is 0 Å². The lowest BCUT2D eigenvalue weighted by atomic mass is 9.85. The van der Waals surface area contributed by atoms with Crippen LogP contribution in [0.15, 0.2) is 54.6 Å². The number of hydrogen-bond acceptors (Lipinski definition) is 5. The van der Waals surface area contributed by atoms with Gasteiger partial charge in [-0.05, 0) is 53.6 Å². The van der Waals surface area contributed by atoms with Gasteiger partial charge in [0, 0.05) is 23.9 Å². The lowest BCUT2D eigenvalue weighted by Gasteiger charge is -2.26. The second-order valence-corrected chi connectivity index (χ2v) is 7.10. The van der Waals surface area contributed by atoms with Crippen LogP contribution in [0.1, 0.15) is 39.4 Å². The molecule has 0 fully saturated rings. The number of aromatic nitrogens is 1. The third kappa shape index (κ3) is 3.16. The summed E-state index contributed by atoms with van der Waals surface area (Å²) in [5, 5.41) is 0. The molecule has 0 aliphatic carbocycles. The van der Waals surface area contributed by atoms with Crippen LogP contribution < -0.4 is 9.47 Å². The van der Waals surface area contributed by atoms with Crippen molar-refractivity contribution in [3.8, 4) is 11.5 Å². The molecule has 0 N–H and O–H groups in total. The normalized spacial score (nSPS) is 18.4. The molecule has 2 aliphatic rings. The minimum Gasteiger partial charge on any atom is -0.452 e. The van der Waals surface area contributed by atoms with E-state index < -0.39 is 35.1 Å². The Labute approximate surface area is 173 Å². The van der Waals surface area contributed by atoms with Gasteiger partial charge in [-0.1, -0.05) is 0 Å². The molecule has 1 atom stereocenters. The van der Waals surface area contributed by atoms with Crippen molar-refractivity contribution in [3.05, 3.63) is 94.3 Å². The molecule has 0 saturated heterocycles. The van der Waals surface area contributed by atoms with Crippen molar-refractivity contribution in [3.63, 3.8) is 0 Å². The topological polar surface area (TPSA) is 65.5 Å². The highest BCUT2D eigenvalue weighted by molar-refractivity contribution is 6.15. The van der Waals surface area contributed by atoms with Crippen LogP contribution in [-0.2, 0) is 4.79 Å². The van der Waals surface area contributed by atoms with Gasteiger partial charge in [-0.15, -0.1) is 0 Å². The Bertz CT molecular complexity index is 1260. The Kier molecular flexibility index (Phi) is 4.35. The van der Waals surface area contributed by atoms with Gasteiger partial charge < -0.3 is 9.47 Å². The maximum Gasteiger partial charge on any atom is 0.312 e. The summed E-state index contributed by atoms with van der Waals surface area (Å²) < 4.78 is 51.4. The van der Waals surface area contributed by atoms with Crippen molar-refractivity contribution in [2.24, 2.45) is 0 Å². The molecule has 0 radical (unpaired) electrons. The fourth-order valence-corrected chi connectivity index (χ4v) is 3.80. The monoisotopic (exact) mass is 423 g/mol. The van der Waals surface area contributed by atoms with Crippen molar-refractivity contribution in [1.29, 1.82) is 0 Å². The smallest absolute Gasteiger partial charge is 0.312 e. The highest BCUT2D eigenvalue weighted by Crippen LogP contribution is 2.48. The number of rotatable bonds is 2. The van der Waals surface area contributed by atoms with E-state index >= 15 is 0 Å². The molecule has 2 aromatic carbocycles. The summed E-state index contributed by atoms with van der Waals surface area (Å²) in [6, 6.07) is 8.02. The van der Waals surface area contributed by atoms with Gasteiger partial charge in [0.15, 0.2) is 23.2 Å². The van der Waals surface area contributed by atoms with Crippen LogP contribution in [0.3, 0.4) is 0 Å². The van der Waals surface area contributed by atoms with E-state index in [1.165, 1.54) is 12.1 Å². The van der Waals surface area contributed by atoms with E-state index in [0.717, 1.165) is 23.8 Å². The van der Waals surface area contributed by atoms with Crippen molar-refractivity contribution in [1.82, 2.24) is 4.98 Å². The van der Waals surface area contributed by atoms with Crippen LogP contribution in [0.25, 0.3) is 6.08 Å². The molecule has 2 aliphatic heterocycles. The van der Waals surface area contributed by atoms with Gasteiger partial charge in [-0.25, -0.2) is 13.2 Å². The zero-order chi connectivity index (χ0) is 21.7. The molecular formula is C23H12F3NO4. The predicted molar refractivity (Wildman–Crippen MR) is 102 cm³/mol. The van der Waals surface area contributed by atoms with Gasteiger partial charge in [-0.3, -0.25) is 14.6 Å². The van der Waals surface area contributed by atoms with Crippen LogP contribution in [0.4, 0.5) is 13.2 Å². The number of nitrogens with zero attached hydrogens (tertiary/aromatic N) is 1. The van der Waals surface area contributed by atoms with Gasteiger partial charge >= 0.3 is 5.97 Å². The molecule has 1 aromatic heterocycles. The number of ketones is 1. The number of hydrogen-bond donors (Lipinski definition) is 0. The summed E-state index contributed by atoms with van der Waals surface area (Å²) >= 11 is 0. The van der Waals surface area contributed by atoms with E-state index in [2.05, 4.69) is 4.98 Å². The van der Waals surface area contributed by atoms with E-state index in [0.29, 0.717) is 5.56 Å². The molecule has 154 valence electrons. The highest BCUT2D eigenvalue weighted by atomic mass is 19.2. The van der Waals surface area contributed by atoms with Gasteiger partial charge in [0.25, 0.3) is 0 Å². The number of Topliss-reactive ketones (excluding diaryl/α,β-unsaturated/α-hetero) is 1. The third-order valence-corrected chi connectivity index (χ3v) is 5.19. The Morgan fingerprint density at radius 3 is 2.39 bits per heavy atom. The highest BCUT2D eigenvalue weighted by Gasteiger charge is 2.38. The lowest BCUT2D eigenvalue weighted by molar-refractivity contribution is -0.135. The average molecular weight is 423 g/mol. The van der Waals surface area contributed by atoms with Crippen LogP contribution in [0.2, 0.25) is 0 Å². The van der Waals surface area contributed by atoms with E-state index in [9.17, 15) is 22.8 Å². The Hall–Kier alpha value is -3.94. The summed E-state index contributed by atoms with van der Waals surface area (Å²) in [6.45, 7) is 0. The molecule has 3 aromatic rings. The number of allylic oxidation sites excluding steroid dienone is 1.